The first kappa shape index (κ1) is 17.1. The number of likely N-dealkylation sites (tertiary alicyclic amines) is 1. The molecule has 138 valence electrons. The molecule has 27 heavy (non-hydrogen) atoms. The SMILES string of the molecule is Cc1cccnc1Nc1nccnc1[C@@H]1CCCN(C(=O)c2ccn[nH]2)C1. The Bertz CT molecular complexity index is 925. The van der Waals surface area contributed by atoms with Gasteiger partial charge in [-0.1, -0.05) is 6.07 Å². The number of anilines is 2. The van der Waals surface area contributed by atoms with E-state index < -0.39 is 0 Å². The number of aromatic amines is 1. The molecule has 0 aromatic carbocycles. The van der Waals surface area contributed by atoms with Crippen molar-refractivity contribution in [3.63, 3.8) is 0 Å². The Labute approximate surface area is 157 Å². The smallest absolute Gasteiger partial charge is 0.271 e. The number of nitrogens with zero attached hydrogens (tertiary/aromatic N) is 5. The number of aryl methyl sites for hydroxylation is 1. The summed E-state index contributed by atoms with van der Waals surface area (Å²) in [5, 5.41) is 9.93. The lowest BCUT2D eigenvalue weighted by Gasteiger charge is -2.32. The van der Waals surface area contributed by atoms with Gasteiger partial charge in [-0.05, 0) is 37.5 Å². The number of H-pyrrole nitrogens is 1. The third-order valence-corrected chi connectivity index (χ3v) is 4.80. The lowest BCUT2D eigenvalue weighted by Crippen LogP contribution is -2.39. The molecule has 0 bridgehead atoms. The van der Waals surface area contributed by atoms with Crippen LogP contribution in [0.2, 0.25) is 0 Å². The molecule has 4 rings (SSSR count). The number of aromatic nitrogens is 5. The second kappa shape index (κ2) is 7.53. The van der Waals surface area contributed by atoms with Crippen LogP contribution >= 0.6 is 0 Å². The summed E-state index contributed by atoms with van der Waals surface area (Å²) >= 11 is 0. The van der Waals surface area contributed by atoms with Crippen LogP contribution in [-0.2, 0) is 0 Å². The average Bonchev–Trinajstić information content (AvgIpc) is 3.24. The summed E-state index contributed by atoms with van der Waals surface area (Å²) in [6.07, 6.45) is 8.58. The van der Waals surface area contributed by atoms with Crippen molar-refractivity contribution in [2.24, 2.45) is 0 Å². The van der Waals surface area contributed by atoms with Gasteiger partial charge in [-0.25, -0.2) is 9.97 Å². The molecule has 4 heterocycles. The topological polar surface area (TPSA) is 99.7 Å². The van der Waals surface area contributed by atoms with E-state index >= 15 is 0 Å². The van der Waals surface area contributed by atoms with Crippen molar-refractivity contribution in [3.8, 4) is 0 Å². The molecule has 8 nitrogen and oxygen atoms in total. The monoisotopic (exact) mass is 363 g/mol. The maximum atomic E-state index is 12.7. The van der Waals surface area contributed by atoms with Gasteiger partial charge in [-0.15, -0.1) is 0 Å². The first-order valence-electron chi connectivity index (χ1n) is 9.00. The Kier molecular flexibility index (Phi) is 4.78. The highest BCUT2D eigenvalue weighted by Crippen LogP contribution is 2.31. The van der Waals surface area contributed by atoms with Crippen molar-refractivity contribution >= 4 is 17.5 Å². The maximum Gasteiger partial charge on any atom is 0.271 e. The van der Waals surface area contributed by atoms with Crippen molar-refractivity contribution in [3.05, 3.63) is 59.9 Å². The third-order valence-electron chi connectivity index (χ3n) is 4.80. The van der Waals surface area contributed by atoms with Crippen molar-refractivity contribution in [1.82, 2.24) is 30.0 Å². The third kappa shape index (κ3) is 3.64. The Balaban J connectivity index is 1.56. The number of carbonyl (C=O) groups is 1. The minimum atomic E-state index is -0.0313. The predicted molar refractivity (Wildman–Crippen MR) is 101 cm³/mol. The van der Waals surface area contributed by atoms with Crippen molar-refractivity contribution in [1.29, 1.82) is 0 Å². The molecule has 0 unspecified atom stereocenters. The van der Waals surface area contributed by atoms with E-state index in [0.717, 1.165) is 36.5 Å². The van der Waals surface area contributed by atoms with Crippen molar-refractivity contribution < 1.29 is 4.79 Å². The number of pyridine rings is 1. The molecule has 8 heteroatoms. The summed E-state index contributed by atoms with van der Waals surface area (Å²) in [7, 11) is 0. The van der Waals surface area contributed by atoms with Gasteiger partial charge in [-0.3, -0.25) is 14.9 Å². The highest BCUT2D eigenvalue weighted by Gasteiger charge is 2.28. The second-order valence-electron chi connectivity index (χ2n) is 6.64. The lowest BCUT2D eigenvalue weighted by atomic mass is 9.94. The van der Waals surface area contributed by atoms with E-state index in [1.54, 1.807) is 30.9 Å². The summed E-state index contributed by atoms with van der Waals surface area (Å²) in [6, 6.07) is 5.60. The van der Waals surface area contributed by atoms with Crippen molar-refractivity contribution in [2.75, 3.05) is 18.4 Å². The number of nitrogens with one attached hydrogen (secondary N) is 2. The molecule has 2 N–H and O–H groups in total. The molecule has 1 fully saturated rings. The molecule has 1 amide bonds. The van der Waals surface area contributed by atoms with E-state index in [9.17, 15) is 4.79 Å². The van der Waals surface area contributed by atoms with Crippen LogP contribution in [0.3, 0.4) is 0 Å². The maximum absolute atomic E-state index is 12.7. The zero-order valence-electron chi connectivity index (χ0n) is 15.1. The van der Waals surface area contributed by atoms with Crippen LogP contribution in [0.15, 0.2) is 43.0 Å². The molecular formula is C19H21N7O. The molecule has 0 radical (unpaired) electrons. The molecule has 0 aliphatic carbocycles. The predicted octanol–water partition coefficient (Wildman–Crippen LogP) is 2.67. The number of hydrogen-bond acceptors (Lipinski definition) is 6. The molecule has 0 spiro atoms. The van der Waals surface area contributed by atoms with Gasteiger partial charge in [0, 0.05) is 43.8 Å². The number of hydrogen-bond donors (Lipinski definition) is 2. The lowest BCUT2D eigenvalue weighted by molar-refractivity contribution is 0.0700. The molecule has 3 aromatic heterocycles. The Morgan fingerprint density at radius 3 is 2.81 bits per heavy atom. The van der Waals surface area contributed by atoms with Gasteiger partial charge in [0.25, 0.3) is 5.91 Å². The molecule has 1 saturated heterocycles. The summed E-state index contributed by atoms with van der Waals surface area (Å²) in [4.78, 5) is 27.9. The van der Waals surface area contributed by atoms with Gasteiger partial charge in [0.05, 0.1) is 5.69 Å². The van der Waals surface area contributed by atoms with Crippen molar-refractivity contribution in [2.45, 2.75) is 25.7 Å². The van der Waals surface area contributed by atoms with E-state index in [1.165, 1.54) is 0 Å². The fourth-order valence-electron chi connectivity index (χ4n) is 3.40. The Morgan fingerprint density at radius 1 is 1.15 bits per heavy atom. The average molecular weight is 363 g/mol. The molecule has 1 atom stereocenters. The fourth-order valence-corrected chi connectivity index (χ4v) is 3.40. The van der Waals surface area contributed by atoms with E-state index in [1.807, 2.05) is 24.0 Å². The van der Waals surface area contributed by atoms with Crippen LogP contribution in [0.1, 0.15) is 40.5 Å². The number of rotatable bonds is 4. The molecular weight excluding hydrogens is 342 g/mol. The molecule has 1 aliphatic heterocycles. The van der Waals surface area contributed by atoms with Gasteiger partial charge in [0.2, 0.25) is 0 Å². The first-order chi connectivity index (χ1) is 13.2. The number of carbonyl (C=O) groups excluding carboxylic acids is 1. The normalized spacial score (nSPS) is 16.9. The zero-order valence-corrected chi connectivity index (χ0v) is 15.1. The van der Waals surface area contributed by atoms with E-state index in [4.69, 9.17) is 0 Å². The van der Waals surface area contributed by atoms with Crippen LogP contribution in [0.25, 0.3) is 0 Å². The van der Waals surface area contributed by atoms with Crippen LogP contribution in [0.4, 0.5) is 11.6 Å². The van der Waals surface area contributed by atoms with E-state index in [2.05, 4.69) is 30.5 Å². The van der Waals surface area contributed by atoms with Gasteiger partial charge in [0.15, 0.2) is 5.82 Å². The zero-order chi connectivity index (χ0) is 18.6. The number of piperidine rings is 1. The Hall–Kier alpha value is -3.29. The summed E-state index contributed by atoms with van der Waals surface area (Å²) < 4.78 is 0. The van der Waals surface area contributed by atoms with E-state index in [-0.39, 0.29) is 11.8 Å². The minimum Gasteiger partial charge on any atom is -0.337 e. The molecule has 0 saturated carbocycles. The first-order valence-corrected chi connectivity index (χ1v) is 9.00. The van der Waals surface area contributed by atoms with Crippen LogP contribution in [-0.4, -0.2) is 49.0 Å². The van der Waals surface area contributed by atoms with Crippen LogP contribution < -0.4 is 5.32 Å². The quantitative estimate of drug-likeness (QED) is 0.739. The minimum absolute atomic E-state index is 0.0313. The van der Waals surface area contributed by atoms with Crippen LogP contribution in [0.5, 0.6) is 0 Å². The largest absolute Gasteiger partial charge is 0.337 e. The van der Waals surface area contributed by atoms with E-state index in [0.29, 0.717) is 18.1 Å². The highest BCUT2D eigenvalue weighted by atomic mass is 16.2. The van der Waals surface area contributed by atoms with Gasteiger partial charge in [-0.2, -0.15) is 5.10 Å². The summed E-state index contributed by atoms with van der Waals surface area (Å²) in [5.41, 5.74) is 2.41. The highest BCUT2D eigenvalue weighted by molar-refractivity contribution is 5.92. The molecule has 1 aliphatic rings. The van der Waals surface area contributed by atoms with Gasteiger partial charge in [0.1, 0.15) is 11.5 Å². The van der Waals surface area contributed by atoms with Gasteiger partial charge < -0.3 is 10.2 Å². The second-order valence-corrected chi connectivity index (χ2v) is 6.64. The summed E-state index contributed by atoms with van der Waals surface area (Å²) in [6.45, 7) is 3.33. The van der Waals surface area contributed by atoms with Crippen LogP contribution in [0, 0.1) is 6.92 Å². The van der Waals surface area contributed by atoms with Gasteiger partial charge >= 0.3 is 0 Å². The fraction of sp³-hybridized carbons (Fsp3) is 0.316. The standard InChI is InChI=1S/C19H21N7O/c1-13-4-2-7-21-17(13)24-18-16(20-9-10-22-18)14-5-3-11-26(12-14)19(27)15-6-8-23-25-15/h2,4,6-10,14H,3,5,11-12H2,1H3,(H,23,25)(H,21,22,24)/t14-/m1/s1. The Morgan fingerprint density at radius 2 is 2.00 bits per heavy atom. The number of amides is 1. The summed E-state index contributed by atoms with van der Waals surface area (Å²) in [5.74, 6) is 1.54. The molecule has 3 aromatic rings.